The summed E-state index contributed by atoms with van der Waals surface area (Å²) in [6.45, 7) is 6.30. The zero-order valence-corrected chi connectivity index (χ0v) is 12.6. The number of rotatable bonds is 7. The first kappa shape index (κ1) is 14.7. The van der Waals surface area contributed by atoms with Gasteiger partial charge in [-0.3, -0.25) is 0 Å². The van der Waals surface area contributed by atoms with Crippen LogP contribution in [0, 0.1) is 0 Å². The normalized spacial score (nSPS) is 12.3. The molecule has 2 rings (SSSR count). The molecule has 1 atom stereocenters. The molecule has 0 amide bonds. The molecule has 0 saturated heterocycles. The second-order valence-electron chi connectivity index (χ2n) is 5.15. The van der Waals surface area contributed by atoms with Crippen LogP contribution in [0.4, 0.5) is 0 Å². The van der Waals surface area contributed by atoms with Crippen molar-refractivity contribution in [2.75, 3.05) is 7.11 Å². The Labute approximate surface area is 121 Å². The average molecular weight is 272 g/mol. The van der Waals surface area contributed by atoms with Crippen molar-refractivity contribution in [1.82, 2.24) is 9.88 Å². The molecule has 0 spiro atoms. The Morgan fingerprint density at radius 3 is 2.75 bits per heavy atom. The Morgan fingerprint density at radius 2 is 2.05 bits per heavy atom. The molecule has 1 N–H and O–H groups in total. The SMILES string of the molecule is CCn1ccc(CNC(C)Cc2ccccc2OC)c1. The topological polar surface area (TPSA) is 26.2 Å². The van der Waals surface area contributed by atoms with Crippen LogP contribution in [0.1, 0.15) is 25.0 Å². The number of hydrogen-bond acceptors (Lipinski definition) is 2. The Bertz CT molecular complexity index is 533. The maximum atomic E-state index is 5.40. The molecule has 0 aliphatic rings. The molecule has 20 heavy (non-hydrogen) atoms. The van der Waals surface area contributed by atoms with Crippen molar-refractivity contribution in [3.05, 3.63) is 53.9 Å². The monoisotopic (exact) mass is 272 g/mol. The number of aryl methyl sites for hydroxylation is 1. The lowest BCUT2D eigenvalue weighted by Crippen LogP contribution is -2.27. The lowest BCUT2D eigenvalue weighted by Gasteiger charge is -2.15. The number of benzene rings is 1. The molecule has 3 nitrogen and oxygen atoms in total. The van der Waals surface area contributed by atoms with Gasteiger partial charge >= 0.3 is 0 Å². The van der Waals surface area contributed by atoms with Crippen LogP contribution in [0.25, 0.3) is 0 Å². The van der Waals surface area contributed by atoms with Crippen molar-refractivity contribution in [2.24, 2.45) is 0 Å². The highest BCUT2D eigenvalue weighted by atomic mass is 16.5. The zero-order valence-electron chi connectivity index (χ0n) is 12.6. The fraction of sp³-hybridized carbons (Fsp3) is 0.412. The molecule has 0 aliphatic carbocycles. The van der Waals surface area contributed by atoms with Crippen LogP contribution in [-0.2, 0) is 19.5 Å². The summed E-state index contributed by atoms with van der Waals surface area (Å²) in [6, 6.07) is 10.8. The summed E-state index contributed by atoms with van der Waals surface area (Å²) in [5.41, 5.74) is 2.58. The van der Waals surface area contributed by atoms with E-state index in [0.29, 0.717) is 6.04 Å². The van der Waals surface area contributed by atoms with Crippen LogP contribution in [0.15, 0.2) is 42.7 Å². The fourth-order valence-electron chi connectivity index (χ4n) is 2.36. The number of nitrogens with one attached hydrogen (secondary N) is 1. The van der Waals surface area contributed by atoms with Gasteiger partial charge in [-0.15, -0.1) is 0 Å². The number of ether oxygens (including phenoxy) is 1. The predicted molar refractivity (Wildman–Crippen MR) is 83.1 cm³/mol. The standard InChI is InChI=1S/C17H24N2O/c1-4-19-10-9-15(13-19)12-18-14(2)11-16-7-5-6-8-17(16)20-3/h5-10,13-14,18H,4,11-12H2,1-3H3. The van der Waals surface area contributed by atoms with E-state index >= 15 is 0 Å². The Morgan fingerprint density at radius 1 is 1.25 bits per heavy atom. The molecule has 0 saturated carbocycles. The van der Waals surface area contributed by atoms with Crippen molar-refractivity contribution in [3.63, 3.8) is 0 Å². The van der Waals surface area contributed by atoms with Crippen LogP contribution in [0.5, 0.6) is 5.75 Å². The summed E-state index contributed by atoms with van der Waals surface area (Å²) >= 11 is 0. The maximum absolute atomic E-state index is 5.40. The Balaban J connectivity index is 1.87. The summed E-state index contributed by atoms with van der Waals surface area (Å²) in [4.78, 5) is 0. The van der Waals surface area contributed by atoms with Crippen LogP contribution in [0.2, 0.25) is 0 Å². The van der Waals surface area contributed by atoms with Gasteiger partial charge in [0.1, 0.15) is 5.75 Å². The fourth-order valence-corrected chi connectivity index (χ4v) is 2.36. The highest BCUT2D eigenvalue weighted by Crippen LogP contribution is 2.18. The highest BCUT2D eigenvalue weighted by Gasteiger charge is 2.07. The molecular weight excluding hydrogens is 248 g/mol. The molecule has 1 heterocycles. The zero-order chi connectivity index (χ0) is 14.4. The van der Waals surface area contributed by atoms with E-state index in [1.165, 1.54) is 11.1 Å². The predicted octanol–water partition coefficient (Wildman–Crippen LogP) is 3.24. The Kier molecular flexibility index (Phi) is 5.24. The van der Waals surface area contributed by atoms with Crippen molar-refractivity contribution in [3.8, 4) is 5.75 Å². The summed E-state index contributed by atoms with van der Waals surface area (Å²) in [5.74, 6) is 0.971. The number of nitrogens with zero attached hydrogens (tertiary/aromatic N) is 1. The van der Waals surface area contributed by atoms with E-state index in [0.717, 1.165) is 25.3 Å². The molecule has 1 aromatic carbocycles. The molecule has 1 aromatic heterocycles. The van der Waals surface area contributed by atoms with Gasteiger partial charge in [0.15, 0.2) is 0 Å². The van der Waals surface area contributed by atoms with E-state index in [9.17, 15) is 0 Å². The van der Waals surface area contributed by atoms with E-state index in [1.54, 1.807) is 7.11 Å². The third kappa shape index (κ3) is 3.87. The van der Waals surface area contributed by atoms with Crippen LogP contribution in [-0.4, -0.2) is 17.7 Å². The van der Waals surface area contributed by atoms with Crippen LogP contribution >= 0.6 is 0 Å². The first-order chi connectivity index (χ1) is 9.72. The Hall–Kier alpha value is -1.74. The van der Waals surface area contributed by atoms with Gasteiger partial charge in [-0.1, -0.05) is 18.2 Å². The summed E-state index contributed by atoms with van der Waals surface area (Å²) in [6.07, 6.45) is 5.29. The van der Waals surface area contributed by atoms with Crippen molar-refractivity contribution in [2.45, 2.75) is 39.4 Å². The maximum Gasteiger partial charge on any atom is 0.122 e. The minimum Gasteiger partial charge on any atom is -0.496 e. The lowest BCUT2D eigenvalue weighted by molar-refractivity contribution is 0.406. The molecule has 0 radical (unpaired) electrons. The van der Waals surface area contributed by atoms with Gasteiger partial charge in [0.25, 0.3) is 0 Å². The van der Waals surface area contributed by atoms with E-state index in [1.807, 2.05) is 12.1 Å². The second kappa shape index (κ2) is 7.15. The smallest absolute Gasteiger partial charge is 0.122 e. The molecule has 3 heteroatoms. The summed E-state index contributed by atoms with van der Waals surface area (Å²) in [5, 5.41) is 3.57. The number of methoxy groups -OCH3 is 1. The van der Waals surface area contributed by atoms with Crippen LogP contribution < -0.4 is 10.1 Å². The van der Waals surface area contributed by atoms with Crippen molar-refractivity contribution >= 4 is 0 Å². The summed E-state index contributed by atoms with van der Waals surface area (Å²) in [7, 11) is 1.73. The van der Waals surface area contributed by atoms with Gasteiger partial charge in [0.2, 0.25) is 0 Å². The molecule has 0 bridgehead atoms. The van der Waals surface area contributed by atoms with Gasteiger partial charge in [-0.05, 0) is 43.5 Å². The minimum absolute atomic E-state index is 0.413. The second-order valence-corrected chi connectivity index (χ2v) is 5.15. The summed E-state index contributed by atoms with van der Waals surface area (Å²) < 4.78 is 7.59. The quantitative estimate of drug-likeness (QED) is 0.837. The minimum atomic E-state index is 0.413. The van der Waals surface area contributed by atoms with Gasteiger partial charge in [0, 0.05) is 31.5 Å². The number of aromatic nitrogens is 1. The lowest BCUT2D eigenvalue weighted by atomic mass is 10.1. The molecular formula is C17H24N2O. The van der Waals surface area contributed by atoms with E-state index in [4.69, 9.17) is 4.74 Å². The molecule has 0 aliphatic heterocycles. The highest BCUT2D eigenvalue weighted by molar-refractivity contribution is 5.33. The van der Waals surface area contributed by atoms with Gasteiger partial charge in [-0.25, -0.2) is 0 Å². The third-order valence-corrected chi connectivity index (χ3v) is 3.55. The molecule has 2 aromatic rings. The average Bonchev–Trinajstić information content (AvgIpc) is 2.94. The van der Waals surface area contributed by atoms with E-state index in [2.05, 4.69) is 54.3 Å². The third-order valence-electron chi connectivity index (χ3n) is 3.55. The van der Waals surface area contributed by atoms with Gasteiger partial charge in [0.05, 0.1) is 7.11 Å². The first-order valence-corrected chi connectivity index (χ1v) is 7.23. The molecule has 0 fully saturated rings. The van der Waals surface area contributed by atoms with E-state index < -0.39 is 0 Å². The van der Waals surface area contributed by atoms with Crippen molar-refractivity contribution < 1.29 is 4.74 Å². The first-order valence-electron chi connectivity index (χ1n) is 7.23. The van der Waals surface area contributed by atoms with Crippen molar-refractivity contribution in [1.29, 1.82) is 0 Å². The number of para-hydroxylation sites is 1. The van der Waals surface area contributed by atoms with Gasteiger partial charge < -0.3 is 14.6 Å². The molecule has 108 valence electrons. The number of hydrogen-bond donors (Lipinski definition) is 1. The molecule has 1 unspecified atom stereocenters. The van der Waals surface area contributed by atoms with Crippen LogP contribution in [0.3, 0.4) is 0 Å². The largest absolute Gasteiger partial charge is 0.496 e. The van der Waals surface area contributed by atoms with Gasteiger partial charge in [-0.2, -0.15) is 0 Å². The van der Waals surface area contributed by atoms with E-state index in [-0.39, 0.29) is 0 Å².